The first kappa shape index (κ1) is 9.32. The molecule has 1 saturated heterocycles. The summed E-state index contributed by atoms with van der Waals surface area (Å²) in [7, 11) is 0. The summed E-state index contributed by atoms with van der Waals surface area (Å²) < 4.78 is 0. The smallest absolute Gasteiger partial charge is 0.317 e. The molecule has 4 heteroatoms. The number of nitrogens with one attached hydrogen (secondary N) is 1. The van der Waals surface area contributed by atoms with Crippen LogP contribution in [0.1, 0.15) is 13.8 Å². The minimum atomic E-state index is 0.0368. The highest BCUT2D eigenvalue weighted by Crippen LogP contribution is 2.13. The summed E-state index contributed by atoms with van der Waals surface area (Å²) in [6.07, 6.45) is 0. The number of nitrogens with zero attached hydrogens (tertiary/aromatic N) is 1. The van der Waals surface area contributed by atoms with Gasteiger partial charge in [-0.05, 0) is 20.4 Å². The van der Waals surface area contributed by atoms with Crippen molar-refractivity contribution in [2.24, 2.45) is 11.7 Å². The van der Waals surface area contributed by atoms with Crippen molar-refractivity contribution < 1.29 is 4.79 Å². The van der Waals surface area contributed by atoms with E-state index < -0.39 is 0 Å². The van der Waals surface area contributed by atoms with E-state index in [2.05, 4.69) is 5.32 Å². The van der Waals surface area contributed by atoms with Gasteiger partial charge in [-0.2, -0.15) is 0 Å². The molecule has 3 N–H and O–H groups in total. The van der Waals surface area contributed by atoms with Crippen LogP contribution in [0.2, 0.25) is 0 Å². The molecule has 0 radical (unpaired) electrons. The lowest BCUT2D eigenvalue weighted by Crippen LogP contribution is -2.56. The van der Waals surface area contributed by atoms with Crippen LogP contribution >= 0.6 is 0 Å². The van der Waals surface area contributed by atoms with Crippen molar-refractivity contribution >= 4 is 6.03 Å². The van der Waals surface area contributed by atoms with Crippen LogP contribution in [0.5, 0.6) is 0 Å². The second kappa shape index (κ2) is 3.76. The number of carbonyl (C=O) groups is 1. The fourth-order valence-electron chi connectivity index (χ4n) is 1.22. The summed E-state index contributed by atoms with van der Waals surface area (Å²) >= 11 is 0. The Bertz CT molecular complexity index is 164. The molecule has 1 heterocycles. The molecular formula is C8H17N3O. The third-order valence-electron chi connectivity index (χ3n) is 1.99. The highest BCUT2D eigenvalue weighted by atomic mass is 16.2. The summed E-state index contributed by atoms with van der Waals surface area (Å²) in [5.41, 5.74) is 5.44. The summed E-state index contributed by atoms with van der Waals surface area (Å²) in [6.45, 7) is 6.23. The number of urea groups is 1. The molecule has 0 aromatic rings. The van der Waals surface area contributed by atoms with Gasteiger partial charge in [-0.3, -0.25) is 0 Å². The third kappa shape index (κ3) is 2.11. The predicted molar refractivity (Wildman–Crippen MR) is 47.8 cm³/mol. The SMILES string of the molecule is CC(C)NC(=O)N1CC(CN)C1. The standard InChI is InChI=1S/C8H17N3O/c1-6(2)10-8(12)11-4-7(3-9)5-11/h6-7H,3-5,9H2,1-2H3,(H,10,12). The monoisotopic (exact) mass is 171 g/mol. The molecule has 1 rings (SSSR count). The minimum absolute atomic E-state index is 0.0368. The van der Waals surface area contributed by atoms with Gasteiger partial charge in [-0.1, -0.05) is 0 Å². The second-order valence-corrected chi connectivity index (χ2v) is 3.61. The maximum atomic E-state index is 11.3. The first-order chi connectivity index (χ1) is 5.63. The second-order valence-electron chi connectivity index (χ2n) is 3.61. The summed E-state index contributed by atoms with van der Waals surface area (Å²) in [5.74, 6) is 0.517. The Kier molecular flexibility index (Phi) is 2.92. The number of rotatable bonds is 2. The Hall–Kier alpha value is -0.770. The van der Waals surface area contributed by atoms with Crippen LogP contribution in [0.4, 0.5) is 4.79 Å². The van der Waals surface area contributed by atoms with Crippen molar-refractivity contribution in [2.45, 2.75) is 19.9 Å². The molecule has 0 spiro atoms. The fourth-order valence-corrected chi connectivity index (χ4v) is 1.22. The Labute approximate surface area is 73.1 Å². The van der Waals surface area contributed by atoms with E-state index >= 15 is 0 Å². The summed E-state index contributed by atoms with van der Waals surface area (Å²) in [4.78, 5) is 13.1. The van der Waals surface area contributed by atoms with E-state index in [-0.39, 0.29) is 12.1 Å². The normalized spacial score (nSPS) is 17.8. The molecule has 0 aromatic heterocycles. The lowest BCUT2D eigenvalue weighted by Gasteiger charge is -2.38. The average Bonchev–Trinajstić information content (AvgIpc) is 1.82. The van der Waals surface area contributed by atoms with Crippen molar-refractivity contribution in [3.05, 3.63) is 0 Å². The number of amides is 2. The van der Waals surface area contributed by atoms with Crippen LogP contribution in [0.25, 0.3) is 0 Å². The average molecular weight is 171 g/mol. The van der Waals surface area contributed by atoms with Gasteiger partial charge >= 0.3 is 6.03 Å². The van der Waals surface area contributed by atoms with Crippen LogP contribution in [0.15, 0.2) is 0 Å². The zero-order valence-corrected chi connectivity index (χ0v) is 7.71. The highest BCUT2D eigenvalue weighted by Gasteiger charge is 2.29. The molecule has 0 aliphatic carbocycles. The van der Waals surface area contributed by atoms with Gasteiger partial charge in [0.05, 0.1) is 0 Å². The Balaban J connectivity index is 2.19. The van der Waals surface area contributed by atoms with Gasteiger partial charge in [0, 0.05) is 25.0 Å². The predicted octanol–water partition coefficient (Wildman–Crippen LogP) is -0.00510. The third-order valence-corrected chi connectivity index (χ3v) is 1.99. The van der Waals surface area contributed by atoms with Crippen molar-refractivity contribution in [2.75, 3.05) is 19.6 Å². The molecular weight excluding hydrogens is 154 g/mol. The molecule has 4 nitrogen and oxygen atoms in total. The van der Waals surface area contributed by atoms with Gasteiger partial charge in [0.15, 0.2) is 0 Å². The van der Waals surface area contributed by atoms with Crippen LogP contribution in [0.3, 0.4) is 0 Å². The molecule has 1 aliphatic heterocycles. The van der Waals surface area contributed by atoms with Crippen molar-refractivity contribution in [1.82, 2.24) is 10.2 Å². The molecule has 0 atom stereocenters. The Morgan fingerprint density at radius 3 is 2.67 bits per heavy atom. The van der Waals surface area contributed by atoms with Gasteiger partial charge in [0.2, 0.25) is 0 Å². The molecule has 70 valence electrons. The summed E-state index contributed by atoms with van der Waals surface area (Å²) in [5, 5.41) is 2.84. The zero-order valence-electron chi connectivity index (χ0n) is 7.71. The van der Waals surface area contributed by atoms with Crippen LogP contribution in [-0.4, -0.2) is 36.6 Å². The first-order valence-corrected chi connectivity index (χ1v) is 4.39. The van der Waals surface area contributed by atoms with Gasteiger partial charge < -0.3 is 16.0 Å². The van der Waals surface area contributed by atoms with Gasteiger partial charge in [-0.25, -0.2) is 4.79 Å². The van der Waals surface area contributed by atoms with E-state index in [0.29, 0.717) is 12.5 Å². The molecule has 1 aliphatic rings. The first-order valence-electron chi connectivity index (χ1n) is 4.39. The topological polar surface area (TPSA) is 58.4 Å². The molecule has 0 unspecified atom stereocenters. The number of likely N-dealkylation sites (tertiary alicyclic amines) is 1. The highest BCUT2D eigenvalue weighted by molar-refractivity contribution is 5.75. The molecule has 2 amide bonds. The minimum Gasteiger partial charge on any atom is -0.336 e. The summed E-state index contributed by atoms with van der Waals surface area (Å²) in [6, 6.07) is 0.254. The molecule has 0 saturated carbocycles. The molecule has 0 aromatic carbocycles. The van der Waals surface area contributed by atoms with E-state index in [4.69, 9.17) is 5.73 Å². The van der Waals surface area contributed by atoms with Crippen molar-refractivity contribution in [3.63, 3.8) is 0 Å². The zero-order chi connectivity index (χ0) is 9.14. The van der Waals surface area contributed by atoms with Gasteiger partial charge in [-0.15, -0.1) is 0 Å². The maximum Gasteiger partial charge on any atom is 0.317 e. The number of hydrogen-bond acceptors (Lipinski definition) is 2. The van der Waals surface area contributed by atoms with E-state index in [1.165, 1.54) is 0 Å². The van der Waals surface area contributed by atoms with E-state index in [0.717, 1.165) is 13.1 Å². The quantitative estimate of drug-likeness (QED) is 0.614. The van der Waals surface area contributed by atoms with E-state index in [1.54, 1.807) is 4.90 Å². The van der Waals surface area contributed by atoms with Crippen LogP contribution in [0, 0.1) is 5.92 Å². The van der Waals surface area contributed by atoms with Crippen molar-refractivity contribution in [1.29, 1.82) is 0 Å². The maximum absolute atomic E-state index is 11.3. The van der Waals surface area contributed by atoms with Crippen LogP contribution < -0.4 is 11.1 Å². The number of nitrogens with two attached hydrogens (primary N) is 1. The Morgan fingerprint density at radius 1 is 1.67 bits per heavy atom. The van der Waals surface area contributed by atoms with Gasteiger partial charge in [0.1, 0.15) is 0 Å². The van der Waals surface area contributed by atoms with Crippen LogP contribution in [-0.2, 0) is 0 Å². The largest absolute Gasteiger partial charge is 0.336 e. The number of carbonyl (C=O) groups excluding carboxylic acids is 1. The number of hydrogen-bond donors (Lipinski definition) is 2. The molecule has 1 fully saturated rings. The van der Waals surface area contributed by atoms with E-state index in [9.17, 15) is 4.79 Å². The van der Waals surface area contributed by atoms with E-state index in [1.807, 2.05) is 13.8 Å². The lowest BCUT2D eigenvalue weighted by molar-refractivity contribution is 0.123. The van der Waals surface area contributed by atoms with Gasteiger partial charge in [0.25, 0.3) is 0 Å². The lowest BCUT2D eigenvalue weighted by atomic mass is 10.0. The fraction of sp³-hybridized carbons (Fsp3) is 0.875. The molecule has 12 heavy (non-hydrogen) atoms. The Morgan fingerprint density at radius 2 is 2.25 bits per heavy atom. The van der Waals surface area contributed by atoms with Crippen molar-refractivity contribution in [3.8, 4) is 0 Å². The molecule has 0 bridgehead atoms.